The summed E-state index contributed by atoms with van der Waals surface area (Å²) in [5, 5.41) is 21.9. The van der Waals surface area contributed by atoms with E-state index in [-0.39, 0.29) is 5.57 Å². The van der Waals surface area contributed by atoms with E-state index in [1.165, 1.54) is 6.20 Å². The maximum atomic E-state index is 8.71. The first-order chi connectivity index (χ1) is 10.1. The van der Waals surface area contributed by atoms with Crippen LogP contribution in [0.4, 0.5) is 5.69 Å². The van der Waals surface area contributed by atoms with Gasteiger partial charge in [-0.25, -0.2) is 0 Å². The molecule has 0 amide bonds. The molecule has 0 aliphatic heterocycles. The van der Waals surface area contributed by atoms with Gasteiger partial charge >= 0.3 is 0 Å². The fourth-order valence-electron chi connectivity index (χ4n) is 2.12. The van der Waals surface area contributed by atoms with Gasteiger partial charge in [-0.15, -0.1) is 0 Å². The van der Waals surface area contributed by atoms with Gasteiger partial charge < -0.3 is 5.32 Å². The first-order valence-electron chi connectivity index (χ1n) is 6.46. The summed E-state index contributed by atoms with van der Waals surface area (Å²) in [5.41, 5.74) is 3.56. The Hall–Kier alpha value is -2.56. The summed E-state index contributed by atoms with van der Waals surface area (Å²) < 4.78 is 0. The average Bonchev–Trinajstić information content (AvgIpc) is 2.49. The minimum Gasteiger partial charge on any atom is -0.360 e. The van der Waals surface area contributed by atoms with Crippen LogP contribution < -0.4 is 5.32 Å². The number of halogens is 1. The largest absolute Gasteiger partial charge is 0.360 e. The third kappa shape index (κ3) is 2.97. The lowest BCUT2D eigenvalue weighted by atomic mass is 10.1. The van der Waals surface area contributed by atoms with Gasteiger partial charge in [0.25, 0.3) is 0 Å². The van der Waals surface area contributed by atoms with Crippen molar-refractivity contribution >= 4 is 28.2 Å². The van der Waals surface area contributed by atoms with Crippen LogP contribution in [0.1, 0.15) is 18.2 Å². The van der Waals surface area contributed by atoms with E-state index in [1.54, 1.807) is 12.1 Å². The number of anilines is 1. The Balaban J connectivity index is 2.50. The molecule has 0 unspecified atom stereocenters. The molecule has 1 aromatic carbocycles. The van der Waals surface area contributed by atoms with Crippen LogP contribution in [0.3, 0.4) is 0 Å². The summed E-state index contributed by atoms with van der Waals surface area (Å²) in [7, 11) is 0. The lowest BCUT2D eigenvalue weighted by Crippen LogP contribution is -1.96. The fraction of sp³-hybridized carbons (Fsp3) is 0.188. The molecule has 0 radical (unpaired) electrons. The SMILES string of the molecule is CCc1c(C)nc2ccc(NC=C(C#N)C#N)cc2c1Cl. The highest BCUT2D eigenvalue weighted by Crippen LogP contribution is 2.30. The van der Waals surface area contributed by atoms with Crippen molar-refractivity contribution in [1.82, 2.24) is 4.98 Å². The Morgan fingerprint density at radius 2 is 2.10 bits per heavy atom. The molecule has 0 aliphatic carbocycles. The molecule has 104 valence electrons. The number of allylic oxidation sites excluding steroid dienone is 1. The molecule has 2 aromatic rings. The number of hydrogen-bond donors (Lipinski definition) is 1. The average molecular weight is 297 g/mol. The van der Waals surface area contributed by atoms with Crippen LogP contribution >= 0.6 is 11.6 Å². The fourth-order valence-corrected chi connectivity index (χ4v) is 2.55. The van der Waals surface area contributed by atoms with Crippen molar-refractivity contribution < 1.29 is 0 Å². The van der Waals surface area contributed by atoms with Crippen LogP contribution in [-0.2, 0) is 6.42 Å². The zero-order valence-electron chi connectivity index (χ0n) is 11.7. The molecule has 0 spiro atoms. The van der Waals surface area contributed by atoms with E-state index in [2.05, 4.69) is 10.3 Å². The third-order valence-electron chi connectivity index (χ3n) is 3.20. The van der Waals surface area contributed by atoms with E-state index in [1.807, 2.05) is 32.0 Å². The maximum absolute atomic E-state index is 8.71. The minimum atomic E-state index is 0.0115. The molecule has 4 nitrogen and oxygen atoms in total. The molecule has 1 heterocycles. The van der Waals surface area contributed by atoms with E-state index < -0.39 is 0 Å². The summed E-state index contributed by atoms with van der Waals surface area (Å²) in [6.07, 6.45) is 2.19. The molecular formula is C16H13ClN4. The standard InChI is InChI=1S/C16H13ClN4/c1-3-13-10(2)21-15-5-4-12(6-14(15)16(13)17)20-9-11(7-18)8-19/h4-6,9,20H,3H2,1-2H3. The van der Waals surface area contributed by atoms with Gasteiger partial charge in [-0.3, -0.25) is 4.98 Å². The number of fused-ring (bicyclic) bond motifs is 1. The van der Waals surface area contributed by atoms with Crippen molar-refractivity contribution in [3.05, 3.63) is 46.3 Å². The predicted octanol–water partition coefficient (Wildman–Crippen LogP) is 4.10. The molecule has 21 heavy (non-hydrogen) atoms. The van der Waals surface area contributed by atoms with Gasteiger partial charge in [0.2, 0.25) is 0 Å². The van der Waals surface area contributed by atoms with Gasteiger partial charge in [-0.2, -0.15) is 10.5 Å². The molecule has 0 saturated carbocycles. The first kappa shape index (κ1) is 14.8. The molecule has 0 atom stereocenters. The molecule has 5 heteroatoms. The number of aromatic nitrogens is 1. The second kappa shape index (κ2) is 6.26. The van der Waals surface area contributed by atoms with Crippen molar-refractivity contribution in [3.63, 3.8) is 0 Å². The first-order valence-corrected chi connectivity index (χ1v) is 6.84. The zero-order chi connectivity index (χ0) is 15.4. The predicted molar refractivity (Wildman–Crippen MR) is 83.8 cm³/mol. The van der Waals surface area contributed by atoms with Crippen molar-refractivity contribution in [1.29, 1.82) is 10.5 Å². The van der Waals surface area contributed by atoms with E-state index in [4.69, 9.17) is 22.1 Å². The number of benzene rings is 1. The van der Waals surface area contributed by atoms with E-state index in [0.29, 0.717) is 5.02 Å². The molecule has 1 N–H and O–H groups in total. The van der Waals surface area contributed by atoms with Crippen molar-refractivity contribution in [3.8, 4) is 12.1 Å². The molecule has 0 aliphatic rings. The quantitative estimate of drug-likeness (QED) is 0.865. The normalized spacial score (nSPS) is 9.76. The Kier molecular flexibility index (Phi) is 4.42. The van der Waals surface area contributed by atoms with Crippen molar-refractivity contribution in [2.24, 2.45) is 0 Å². The Labute approximate surface area is 128 Å². The summed E-state index contributed by atoms with van der Waals surface area (Å²) in [6.45, 7) is 3.99. The van der Waals surface area contributed by atoms with Gasteiger partial charge in [0.1, 0.15) is 17.7 Å². The number of pyridine rings is 1. The maximum Gasteiger partial charge on any atom is 0.145 e. The highest BCUT2D eigenvalue weighted by molar-refractivity contribution is 6.36. The highest BCUT2D eigenvalue weighted by Gasteiger charge is 2.09. The number of aryl methyl sites for hydroxylation is 1. The lowest BCUT2D eigenvalue weighted by molar-refractivity contribution is 1.07. The molecule has 1 aromatic heterocycles. The molecular weight excluding hydrogens is 284 g/mol. The number of nitriles is 2. The van der Waals surface area contributed by atoms with Crippen LogP contribution in [0.2, 0.25) is 5.02 Å². The summed E-state index contributed by atoms with van der Waals surface area (Å²) in [5.74, 6) is 0. The molecule has 0 fully saturated rings. The number of rotatable bonds is 3. The van der Waals surface area contributed by atoms with Crippen molar-refractivity contribution in [2.75, 3.05) is 5.32 Å². The van der Waals surface area contributed by atoms with Crippen LogP contribution in [-0.4, -0.2) is 4.98 Å². The van der Waals surface area contributed by atoms with Crippen LogP contribution in [0.25, 0.3) is 10.9 Å². The Bertz CT molecular complexity index is 794. The van der Waals surface area contributed by atoms with Crippen LogP contribution in [0.15, 0.2) is 30.0 Å². The van der Waals surface area contributed by atoms with Gasteiger partial charge in [0.05, 0.1) is 10.5 Å². The number of nitrogens with zero attached hydrogens (tertiary/aromatic N) is 3. The van der Waals surface area contributed by atoms with Gasteiger partial charge in [-0.05, 0) is 37.1 Å². The van der Waals surface area contributed by atoms with E-state index in [9.17, 15) is 0 Å². The molecule has 0 saturated heterocycles. The van der Waals surface area contributed by atoms with Gasteiger partial charge in [0.15, 0.2) is 0 Å². The second-order valence-electron chi connectivity index (χ2n) is 4.50. The van der Waals surface area contributed by atoms with E-state index >= 15 is 0 Å². The number of nitrogens with one attached hydrogen (secondary N) is 1. The topological polar surface area (TPSA) is 72.5 Å². The third-order valence-corrected chi connectivity index (χ3v) is 3.63. The summed E-state index contributed by atoms with van der Waals surface area (Å²) in [4.78, 5) is 4.54. The smallest absolute Gasteiger partial charge is 0.145 e. The van der Waals surface area contributed by atoms with Gasteiger partial charge in [-0.1, -0.05) is 18.5 Å². The zero-order valence-corrected chi connectivity index (χ0v) is 12.5. The summed E-state index contributed by atoms with van der Waals surface area (Å²) in [6, 6.07) is 9.15. The minimum absolute atomic E-state index is 0.0115. The van der Waals surface area contributed by atoms with E-state index in [0.717, 1.165) is 34.3 Å². The summed E-state index contributed by atoms with van der Waals surface area (Å²) >= 11 is 6.45. The highest BCUT2D eigenvalue weighted by atomic mass is 35.5. The molecule has 2 rings (SSSR count). The molecule has 0 bridgehead atoms. The van der Waals surface area contributed by atoms with Crippen LogP contribution in [0.5, 0.6) is 0 Å². The Morgan fingerprint density at radius 3 is 2.71 bits per heavy atom. The second-order valence-corrected chi connectivity index (χ2v) is 4.88. The lowest BCUT2D eigenvalue weighted by Gasteiger charge is -2.10. The van der Waals surface area contributed by atoms with Gasteiger partial charge in [0, 0.05) is 23.0 Å². The van der Waals surface area contributed by atoms with Crippen LogP contribution in [0, 0.1) is 29.6 Å². The Morgan fingerprint density at radius 1 is 1.38 bits per heavy atom. The number of hydrogen-bond acceptors (Lipinski definition) is 4. The monoisotopic (exact) mass is 296 g/mol. The van der Waals surface area contributed by atoms with Crippen molar-refractivity contribution in [2.45, 2.75) is 20.3 Å².